The molecule has 2 amide bonds. The van der Waals surface area contributed by atoms with Gasteiger partial charge in [0, 0.05) is 12.2 Å². The number of anilines is 1. The lowest BCUT2D eigenvalue weighted by atomic mass is 10.0. The smallest absolute Gasteiger partial charge is 0.338 e. The Labute approximate surface area is 154 Å². The number of ether oxygens (including phenoxy) is 1. The van der Waals surface area contributed by atoms with Crippen molar-refractivity contribution in [2.45, 2.75) is 32.7 Å². The number of esters is 1. The van der Waals surface area contributed by atoms with Crippen molar-refractivity contribution < 1.29 is 14.3 Å². The molecule has 0 bridgehead atoms. The van der Waals surface area contributed by atoms with E-state index < -0.39 is 0 Å². The number of aryl methyl sites for hydroxylation is 1. The molecule has 0 spiro atoms. The number of rotatable bonds is 4. The van der Waals surface area contributed by atoms with Crippen LogP contribution >= 0.6 is 0 Å². The van der Waals surface area contributed by atoms with Gasteiger partial charge in [-0.25, -0.2) is 9.59 Å². The summed E-state index contributed by atoms with van der Waals surface area (Å²) >= 11 is 0. The largest absolute Gasteiger partial charge is 0.462 e. The fraction of sp³-hybridized carbons (Fsp3) is 0.333. The minimum atomic E-state index is -0.357. The zero-order valence-electron chi connectivity index (χ0n) is 15.2. The summed E-state index contributed by atoms with van der Waals surface area (Å²) in [6.45, 7) is 4.91. The quantitative estimate of drug-likeness (QED) is 0.822. The van der Waals surface area contributed by atoms with Gasteiger partial charge in [-0.05, 0) is 56.5 Å². The fourth-order valence-corrected chi connectivity index (χ4v) is 3.24. The number of nitrogens with zero attached hydrogens (tertiary/aromatic N) is 1. The number of likely N-dealkylation sites (tertiary alicyclic amines) is 1. The summed E-state index contributed by atoms with van der Waals surface area (Å²) in [7, 11) is 0. The molecular formula is C21H24N2O3. The number of benzene rings is 2. The third-order valence-electron chi connectivity index (χ3n) is 4.62. The highest BCUT2D eigenvalue weighted by Gasteiger charge is 2.29. The lowest BCUT2D eigenvalue weighted by molar-refractivity contribution is 0.0526. The Morgan fingerprint density at radius 2 is 1.81 bits per heavy atom. The van der Waals surface area contributed by atoms with Crippen LogP contribution < -0.4 is 5.32 Å². The molecule has 2 aromatic carbocycles. The number of nitrogens with one attached hydrogen (secondary N) is 1. The van der Waals surface area contributed by atoms with Crippen LogP contribution in [-0.2, 0) is 4.74 Å². The minimum Gasteiger partial charge on any atom is -0.462 e. The van der Waals surface area contributed by atoms with Crippen LogP contribution in [0.4, 0.5) is 10.5 Å². The maximum absolute atomic E-state index is 12.7. The molecule has 1 heterocycles. The predicted molar refractivity (Wildman–Crippen MR) is 101 cm³/mol. The standard InChI is InChI=1S/C21H24N2O3/c1-3-26-20(24)17-10-12-18(13-11-17)22-21(25)23-14-4-5-19(23)16-8-6-15(2)7-9-16/h6-13,19H,3-5,14H2,1-2H3,(H,22,25)/t19-/m0/s1. The molecule has 1 fully saturated rings. The first-order chi connectivity index (χ1) is 12.6. The van der Waals surface area contributed by atoms with Gasteiger partial charge in [0.2, 0.25) is 0 Å². The highest BCUT2D eigenvalue weighted by molar-refractivity contribution is 5.92. The Bertz CT molecular complexity index is 769. The summed E-state index contributed by atoms with van der Waals surface area (Å²) in [4.78, 5) is 26.3. The second-order valence-corrected chi connectivity index (χ2v) is 6.49. The van der Waals surface area contributed by atoms with Gasteiger partial charge in [0.05, 0.1) is 18.2 Å². The van der Waals surface area contributed by atoms with Crippen molar-refractivity contribution in [3.63, 3.8) is 0 Å². The van der Waals surface area contributed by atoms with Gasteiger partial charge < -0.3 is 15.0 Å². The topological polar surface area (TPSA) is 58.6 Å². The van der Waals surface area contributed by atoms with Gasteiger partial charge in [-0.2, -0.15) is 0 Å². The third kappa shape index (κ3) is 4.04. The Morgan fingerprint density at radius 3 is 2.46 bits per heavy atom. The highest BCUT2D eigenvalue weighted by atomic mass is 16.5. The summed E-state index contributed by atoms with van der Waals surface area (Å²) < 4.78 is 4.97. The van der Waals surface area contributed by atoms with E-state index in [0.29, 0.717) is 17.9 Å². The van der Waals surface area contributed by atoms with Crippen LogP contribution in [0.15, 0.2) is 48.5 Å². The van der Waals surface area contributed by atoms with Crippen molar-refractivity contribution in [1.29, 1.82) is 0 Å². The van der Waals surface area contributed by atoms with Crippen LogP contribution in [0, 0.1) is 6.92 Å². The van der Waals surface area contributed by atoms with Crippen molar-refractivity contribution in [2.75, 3.05) is 18.5 Å². The molecule has 5 heteroatoms. The van der Waals surface area contributed by atoms with Crippen LogP contribution in [-0.4, -0.2) is 30.1 Å². The molecule has 1 aliphatic rings. The number of hydrogen-bond acceptors (Lipinski definition) is 3. The van der Waals surface area contributed by atoms with Crippen molar-refractivity contribution in [3.8, 4) is 0 Å². The van der Waals surface area contributed by atoms with E-state index in [1.807, 2.05) is 4.90 Å². The van der Waals surface area contributed by atoms with E-state index in [9.17, 15) is 9.59 Å². The maximum atomic E-state index is 12.7. The minimum absolute atomic E-state index is 0.106. The summed E-state index contributed by atoms with van der Waals surface area (Å²) in [6.07, 6.45) is 1.96. The first kappa shape index (κ1) is 18.0. The monoisotopic (exact) mass is 352 g/mol. The van der Waals surface area contributed by atoms with E-state index in [1.54, 1.807) is 31.2 Å². The number of hydrogen-bond donors (Lipinski definition) is 1. The van der Waals surface area contributed by atoms with E-state index in [1.165, 1.54) is 11.1 Å². The molecule has 0 saturated carbocycles. The Hall–Kier alpha value is -2.82. The fourth-order valence-electron chi connectivity index (χ4n) is 3.24. The molecule has 1 atom stereocenters. The summed E-state index contributed by atoms with van der Waals surface area (Å²) in [5.41, 5.74) is 3.52. The first-order valence-electron chi connectivity index (χ1n) is 9.00. The molecule has 136 valence electrons. The van der Waals surface area contributed by atoms with Crippen LogP contribution in [0.25, 0.3) is 0 Å². The summed E-state index contributed by atoms with van der Waals surface area (Å²) in [6, 6.07) is 15.1. The SMILES string of the molecule is CCOC(=O)c1ccc(NC(=O)N2CCC[C@H]2c2ccc(C)cc2)cc1. The summed E-state index contributed by atoms with van der Waals surface area (Å²) in [5, 5.41) is 2.93. The van der Waals surface area contributed by atoms with Crippen LogP contribution in [0.2, 0.25) is 0 Å². The molecule has 0 unspecified atom stereocenters. The van der Waals surface area contributed by atoms with E-state index in [2.05, 4.69) is 36.5 Å². The Kier molecular flexibility index (Phi) is 5.56. The van der Waals surface area contributed by atoms with Gasteiger partial charge in [0.15, 0.2) is 0 Å². The van der Waals surface area contributed by atoms with E-state index in [4.69, 9.17) is 4.74 Å². The summed E-state index contributed by atoms with van der Waals surface area (Å²) in [5.74, 6) is -0.357. The average molecular weight is 352 g/mol. The van der Waals surface area contributed by atoms with Crippen molar-refractivity contribution in [1.82, 2.24) is 4.90 Å². The van der Waals surface area contributed by atoms with Gasteiger partial charge in [0.25, 0.3) is 0 Å². The molecule has 5 nitrogen and oxygen atoms in total. The van der Waals surface area contributed by atoms with Gasteiger partial charge in [-0.15, -0.1) is 0 Å². The zero-order chi connectivity index (χ0) is 18.5. The second kappa shape index (κ2) is 8.04. The van der Waals surface area contributed by atoms with Crippen molar-refractivity contribution in [2.24, 2.45) is 0 Å². The third-order valence-corrected chi connectivity index (χ3v) is 4.62. The lowest BCUT2D eigenvalue weighted by Crippen LogP contribution is -2.34. The van der Waals surface area contributed by atoms with E-state index in [-0.39, 0.29) is 18.0 Å². The molecule has 0 radical (unpaired) electrons. The molecule has 26 heavy (non-hydrogen) atoms. The number of carbonyl (C=O) groups excluding carboxylic acids is 2. The highest BCUT2D eigenvalue weighted by Crippen LogP contribution is 2.32. The number of urea groups is 1. The molecule has 1 saturated heterocycles. The first-order valence-corrected chi connectivity index (χ1v) is 9.00. The lowest BCUT2D eigenvalue weighted by Gasteiger charge is -2.25. The predicted octanol–water partition coefficient (Wildman–Crippen LogP) is 4.54. The molecule has 3 rings (SSSR count). The maximum Gasteiger partial charge on any atom is 0.338 e. The van der Waals surface area contributed by atoms with Crippen LogP contribution in [0.1, 0.15) is 47.3 Å². The zero-order valence-corrected chi connectivity index (χ0v) is 15.2. The molecule has 0 aliphatic carbocycles. The number of carbonyl (C=O) groups is 2. The number of amides is 2. The molecule has 1 N–H and O–H groups in total. The van der Waals surface area contributed by atoms with Gasteiger partial charge in [-0.3, -0.25) is 0 Å². The normalized spacial score (nSPS) is 16.4. The van der Waals surface area contributed by atoms with E-state index >= 15 is 0 Å². The molecule has 1 aliphatic heterocycles. The van der Waals surface area contributed by atoms with Crippen LogP contribution in [0.5, 0.6) is 0 Å². The van der Waals surface area contributed by atoms with Crippen LogP contribution in [0.3, 0.4) is 0 Å². The van der Waals surface area contributed by atoms with Gasteiger partial charge >= 0.3 is 12.0 Å². The van der Waals surface area contributed by atoms with Gasteiger partial charge in [0.1, 0.15) is 0 Å². The Morgan fingerprint density at radius 1 is 1.12 bits per heavy atom. The van der Waals surface area contributed by atoms with Crippen molar-refractivity contribution >= 4 is 17.7 Å². The average Bonchev–Trinajstić information content (AvgIpc) is 3.13. The second-order valence-electron chi connectivity index (χ2n) is 6.49. The molecule has 0 aromatic heterocycles. The Balaban J connectivity index is 1.67. The molecule has 2 aromatic rings. The van der Waals surface area contributed by atoms with Gasteiger partial charge in [-0.1, -0.05) is 29.8 Å². The van der Waals surface area contributed by atoms with E-state index in [0.717, 1.165) is 19.4 Å². The molecular weight excluding hydrogens is 328 g/mol. The van der Waals surface area contributed by atoms with Crippen molar-refractivity contribution in [3.05, 3.63) is 65.2 Å².